The van der Waals surface area contributed by atoms with E-state index in [1.54, 1.807) is 6.20 Å². The largest absolute Gasteiger partial charge is 0.371 e. The Balaban J connectivity index is 1.24. The van der Waals surface area contributed by atoms with Gasteiger partial charge in [0, 0.05) is 56.6 Å². The van der Waals surface area contributed by atoms with Crippen molar-refractivity contribution in [3.63, 3.8) is 0 Å². The molecule has 6 heteroatoms. The molecule has 154 valence electrons. The number of aromatic nitrogens is 2. The quantitative estimate of drug-likeness (QED) is 0.802. The van der Waals surface area contributed by atoms with Gasteiger partial charge < -0.3 is 9.80 Å². The smallest absolute Gasteiger partial charge is 0.344 e. The normalized spacial score (nSPS) is 24.9. The van der Waals surface area contributed by atoms with E-state index in [1.165, 1.54) is 48.3 Å². The molecule has 0 N–H and O–H groups in total. The second-order valence-corrected chi connectivity index (χ2v) is 9.20. The van der Waals surface area contributed by atoms with Crippen LogP contribution in [0.4, 0.5) is 10.5 Å². The van der Waals surface area contributed by atoms with Crippen LogP contribution in [0.1, 0.15) is 36.8 Å². The summed E-state index contributed by atoms with van der Waals surface area (Å²) in [7, 11) is 0. The summed E-state index contributed by atoms with van der Waals surface area (Å²) in [4.78, 5) is 19.9. The lowest BCUT2D eigenvalue weighted by Gasteiger charge is -2.26. The first-order chi connectivity index (χ1) is 14.1. The van der Waals surface area contributed by atoms with Crippen molar-refractivity contribution in [2.75, 3.05) is 44.2 Å². The third-order valence-electron chi connectivity index (χ3n) is 6.97. The van der Waals surface area contributed by atoms with E-state index in [9.17, 15) is 4.79 Å². The molecular formula is C23H31N5O. The van der Waals surface area contributed by atoms with E-state index in [2.05, 4.69) is 39.2 Å². The van der Waals surface area contributed by atoms with E-state index < -0.39 is 0 Å². The predicted molar refractivity (Wildman–Crippen MR) is 114 cm³/mol. The second kappa shape index (κ2) is 7.48. The number of benzene rings is 1. The highest BCUT2D eigenvalue weighted by Gasteiger charge is 2.45. The molecule has 0 aliphatic carbocycles. The van der Waals surface area contributed by atoms with Gasteiger partial charge in [0.1, 0.15) is 0 Å². The van der Waals surface area contributed by atoms with Crippen LogP contribution in [0.5, 0.6) is 0 Å². The zero-order chi connectivity index (χ0) is 19.8. The van der Waals surface area contributed by atoms with Gasteiger partial charge >= 0.3 is 6.03 Å². The maximum absolute atomic E-state index is 12.8. The number of carbonyl (C=O) groups is 1. The van der Waals surface area contributed by atoms with Crippen LogP contribution in [-0.4, -0.2) is 64.9 Å². The highest BCUT2D eigenvalue weighted by molar-refractivity contribution is 5.76. The minimum Gasteiger partial charge on any atom is -0.371 e. The van der Waals surface area contributed by atoms with Gasteiger partial charge in [0.25, 0.3) is 0 Å². The topological polar surface area (TPSA) is 44.6 Å². The Morgan fingerprint density at radius 2 is 1.86 bits per heavy atom. The summed E-state index contributed by atoms with van der Waals surface area (Å²) in [5.41, 5.74) is 4.14. The lowest BCUT2D eigenvalue weighted by atomic mass is 9.86. The average Bonchev–Trinajstić information content (AvgIpc) is 3.51. The van der Waals surface area contributed by atoms with Gasteiger partial charge in [0.2, 0.25) is 0 Å². The lowest BCUT2D eigenvalue weighted by molar-refractivity contribution is 0.196. The van der Waals surface area contributed by atoms with Gasteiger partial charge in [-0.1, -0.05) is 18.2 Å². The number of hydrogen-bond donors (Lipinski definition) is 0. The van der Waals surface area contributed by atoms with Crippen molar-refractivity contribution < 1.29 is 4.79 Å². The number of anilines is 1. The molecule has 0 bridgehead atoms. The summed E-state index contributed by atoms with van der Waals surface area (Å²) >= 11 is 0. The molecule has 0 saturated carbocycles. The Hall–Kier alpha value is -2.34. The van der Waals surface area contributed by atoms with Gasteiger partial charge in [0.15, 0.2) is 0 Å². The predicted octanol–water partition coefficient (Wildman–Crippen LogP) is 3.36. The van der Waals surface area contributed by atoms with E-state index in [4.69, 9.17) is 0 Å². The Morgan fingerprint density at radius 1 is 1.07 bits per heavy atom. The molecule has 2 aromatic rings. The van der Waals surface area contributed by atoms with Crippen LogP contribution in [0.3, 0.4) is 0 Å². The van der Waals surface area contributed by atoms with Crippen LogP contribution in [0.15, 0.2) is 36.7 Å². The first-order valence-electron chi connectivity index (χ1n) is 11.0. The van der Waals surface area contributed by atoms with Crippen LogP contribution < -0.4 is 4.90 Å². The molecule has 3 aliphatic rings. The van der Waals surface area contributed by atoms with Gasteiger partial charge in [0.05, 0.1) is 6.20 Å². The first-order valence-corrected chi connectivity index (χ1v) is 11.0. The second-order valence-electron chi connectivity index (χ2n) is 9.20. The van der Waals surface area contributed by atoms with Crippen molar-refractivity contribution in [3.05, 3.63) is 47.8 Å². The lowest BCUT2D eigenvalue weighted by Crippen LogP contribution is -2.36. The molecule has 3 saturated heterocycles. The molecule has 1 aromatic heterocycles. The number of rotatable bonds is 3. The summed E-state index contributed by atoms with van der Waals surface area (Å²) in [6.07, 6.45) is 8.47. The molecule has 1 atom stereocenters. The maximum atomic E-state index is 12.8. The number of amides is 1. The van der Waals surface area contributed by atoms with Crippen LogP contribution in [0.2, 0.25) is 0 Å². The van der Waals surface area contributed by atoms with Crippen molar-refractivity contribution in [1.82, 2.24) is 19.6 Å². The van der Waals surface area contributed by atoms with Gasteiger partial charge in [-0.05, 0) is 56.3 Å². The van der Waals surface area contributed by atoms with Crippen LogP contribution in [0.25, 0.3) is 0 Å². The standard InChI is InChI=1S/C23H31N5O/c1-19-14-24-28(15-19)22(29)27-13-9-23(18-27)8-12-25(17-23)16-20-6-2-3-7-21(20)26-10-4-5-11-26/h2-3,6-7,14-15H,4-5,8-13,16-18H2,1H3. The number of likely N-dealkylation sites (tertiary alicyclic amines) is 2. The van der Waals surface area contributed by atoms with Gasteiger partial charge in [-0.15, -0.1) is 0 Å². The van der Waals surface area contributed by atoms with Crippen molar-refractivity contribution in [2.45, 2.75) is 39.2 Å². The average molecular weight is 394 g/mol. The molecule has 1 spiro atoms. The fraction of sp³-hybridized carbons (Fsp3) is 0.565. The highest BCUT2D eigenvalue weighted by atomic mass is 16.2. The maximum Gasteiger partial charge on any atom is 0.344 e. The highest BCUT2D eigenvalue weighted by Crippen LogP contribution is 2.40. The molecule has 6 nitrogen and oxygen atoms in total. The minimum absolute atomic E-state index is 0.0211. The molecule has 1 amide bonds. The fourth-order valence-corrected chi connectivity index (χ4v) is 5.41. The van der Waals surface area contributed by atoms with Gasteiger partial charge in [-0.3, -0.25) is 4.90 Å². The van der Waals surface area contributed by atoms with Gasteiger partial charge in [-0.2, -0.15) is 9.78 Å². The van der Waals surface area contributed by atoms with Crippen molar-refractivity contribution in [3.8, 4) is 0 Å². The minimum atomic E-state index is 0.0211. The van der Waals surface area contributed by atoms with Crippen LogP contribution in [-0.2, 0) is 6.54 Å². The molecule has 1 aromatic carbocycles. The Kier molecular flexibility index (Phi) is 4.82. The molecule has 3 fully saturated rings. The summed E-state index contributed by atoms with van der Waals surface area (Å²) in [5, 5.41) is 4.20. The molecule has 29 heavy (non-hydrogen) atoms. The van der Waals surface area contributed by atoms with E-state index in [1.807, 2.05) is 18.0 Å². The third-order valence-corrected chi connectivity index (χ3v) is 6.97. The van der Waals surface area contributed by atoms with E-state index in [-0.39, 0.29) is 11.4 Å². The Bertz CT molecular complexity index is 887. The Labute approximate surface area is 173 Å². The molecule has 4 heterocycles. The van der Waals surface area contributed by atoms with Crippen LogP contribution in [0, 0.1) is 12.3 Å². The van der Waals surface area contributed by atoms with Crippen LogP contribution >= 0.6 is 0 Å². The summed E-state index contributed by atoms with van der Waals surface area (Å²) in [5.74, 6) is 0. The molecule has 5 rings (SSSR count). The Morgan fingerprint density at radius 3 is 2.66 bits per heavy atom. The van der Waals surface area contributed by atoms with Crippen molar-refractivity contribution in [2.24, 2.45) is 5.41 Å². The summed E-state index contributed by atoms with van der Waals surface area (Å²) in [6, 6.07) is 8.94. The fourth-order valence-electron chi connectivity index (χ4n) is 5.41. The number of nitrogens with zero attached hydrogens (tertiary/aromatic N) is 5. The molecule has 3 aliphatic heterocycles. The number of para-hydroxylation sites is 1. The molecule has 0 radical (unpaired) electrons. The third kappa shape index (κ3) is 3.66. The number of hydrogen-bond acceptors (Lipinski definition) is 4. The summed E-state index contributed by atoms with van der Waals surface area (Å²) < 4.78 is 1.49. The summed E-state index contributed by atoms with van der Waals surface area (Å²) in [6.45, 7) is 9.26. The zero-order valence-electron chi connectivity index (χ0n) is 17.4. The zero-order valence-corrected chi connectivity index (χ0v) is 17.4. The molecule has 1 unspecified atom stereocenters. The van der Waals surface area contributed by atoms with Crippen molar-refractivity contribution in [1.29, 1.82) is 0 Å². The first kappa shape index (κ1) is 18.7. The van der Waals surface area contributed by atoms with E-state index >= 15 is 0 Å². The number of aryl methyl sites for hydroxylation is 1. The van der Waals surface area contributed by atoms with E-state index in [0.29, 0.717) is 0 Å². The SMILES string of the molecule is Cc1cnn(C(=O)N2CCC3(CCN(Cc4ccccc4N4CCCC4)C3)C2)c1. The number of carbonyl (C=O) groups excluding carboxylic acids is 1. The van der Waals surface area contributed by atoms with Gasteiger partial charge in [-0.25, -0.2) is 4.79 Å². The monoisotopic (exact) mass is 393 g/mol. The van der Waals surface area contributed by atoms with Crippen molar-refractivity contribution >= 4 is 11.7 Å². The molecular weight excluding hydrogens is 362 g/mol. The van der Waals surface area contributed by atoms with E-state index in [0.717, 1.165) is 44.7 Å².